The number of aromatic nitrogens is 5. The van der Waals surface area contributed by atoms with Gasteiger partial charge in [-0.05, 0) is 43.2 Å². The predicted octanol–water partition coefficient (Wildman–Crippen LogP) is 3.62. The van der Waals surface area contributed by atoms with Crippen LogP contribution in [0, 0.1) is 0 Å². The number of hydrogen-bond donors (Lipinski definition) is 0. The third-order valence-electron chi connectivity index (χ3n) is 5.17. The van der Waals surface area contributed by atoms with E-state index in [0.717, 1.165) is 25.2 Å². The van der Waals surface area contributed by atoms with Crippen LogP contribution in [-0.2, 0) is 0 Å². The van der Waals surface area contributed by atoms with Gasteiger partial charge in [0, 0.05) is 24.3 Å². The molecule has 0 spiro atoms. The lowest BCUT2D eigenvalue weighted by atomic mass is 10.2. The molecule has 0 unspecified atom stereocenters. The first kappa shape index (κ1) is 19.3. The van der Waals surface area contributed by atoms with Gasteiger partial charge in [0.2, 0.25) is 0 Å². The summed E-state index contributed by atoms with van der Waals surface area (Å²) in [5.41, 5.74) is 0.522. The summed E-state index contributed by atoms with van der Waals surface area (Å²) in [7, 11) is 0. The second kappa shape index (κ2) is 7.56. The minimum Gasteiger partial charge on any atom is -0.491 e. The van der Waals surface area contributed by atoms with Crippen molar-refractivity contribution in [2.75, 3.05) is 18.1 Å². The highest BCUT2D eigenvalue weighted by Crippen LogP contribution is 2.32. The highest BCUT2D eigenvalue weighted by Gasteiger charge is 2.31. The van der Waals surface area contributed by atoms with Crippen molar-refractivity contribution in [3.05, 3.63) is 49.1 Å². The fraction of sp³-hybridized carbons (Fsp3) is 0.300. The Morgan fingerprint density at radius 3 is 2.81 bits per heavy atom. The Balaban J connectivity index is 1.39. The lowest BCUT2D eigenvalue weighted by molar-refractivity contribution is -0.274. The van der Waals surface area contributed by atoms with Crippen LogP contribution < -0.4 is 14.4 Å². The van der Waals surface area contributed by atoms with Crippen LogP contribution in [0.5, 0.6) is 11.5 Å². The number of rotatable bonds is 5. The van der Waals surface area contributed by atoms with Crippen LogP contribution in [0.25, 0.3) is 16.7 Å². The maximum atomic E-state index is 12.6. The second-order valence-corrected chi connectivity index (χ2v) is 7.11. The van der Waals surface area contributed by atoms with Gasteiger partial charge in [0.15, 0.2) is 0 Å². The zero-order valence-electron chi connectivity index (χ0n) is 16.2. The maximum Gasteiger partial charge on any atom is 0.573 e. The van der Waals surface area contributed by atoms with E-state index in [1.165, 1.54) is 24.5 Å². The molecule has 1 saturated heterocycles. The van der Waals surface area contributed by atoms with E-state index in [1.54, 1.807) is 23.0 Å². The van der Waals surface area contributed by atoms with Crippen molar-refractivity contribution in [2.24, 2.45) is 0 Å². The Hall–Kier alpha value is -3.63. The normalized spacial score (nSPS) is 16.9. The first-order valence-corrected chi connectivity index (χ1v) is 9.67. The van der Waals surface area contributed by atoms with Crippen molar-refractivity contribution < 1.29 is 22.6 Å². The number of ether oxygens (including phenoxy) is 2. The summed E-state index contributed by atoms with van der Waals surface area (Å²) in [6.07, 6.45) is 1.83. The molecular weight excluding hydrogens is 413 g/mol. The van der Waals surface area contributed by atoms with Crippen LogP contribution in [0.15, 0.2) is 49.1 Å². The molecule has 0 aliphatic carbocycles. The summed E-state index contributed by atoms with van der Waals surface area (Å²) >= 11 is 0. The van der Waals surface area contributed by atoms with Crippen LogP contribution in [0.3, 0.4) is 0 Å². The third kappa shape index (κ3) is 3.90. The zero-order chi connectivity index (χ0) is 21.4. The molecule has 0 amide bonds. The topological polar surface area (TPSA) is 77.7 Å². The lowest BCUT2D eigenvalue weighted by Gasteiger charge is -2.26. The number of hydrogen-bond acceptors (Lipinski definition) is 7. The van der Waals surface area contributed by atoms with Crippen molar-refractivity contribution in [3.63, 3.8) is 0 Å². The lowest BCUT2D eigenvalue weighted by Crippen LogP contribution is -2.35. The Bertz CT molecular complexity index is 1230. The maximum absolute atomic E-state index is 12.6. The predicted molar refractivity (Wildman–Crippen MR) is 105 cm³/mol. The second-order valence-electron chi connectivity index (χ2n) is 7.11. The average Bonchev–Trinajstić information content (AvgIpc) is 3.40. The van der Waals surface area contributed by atoms with Gasteiger partial charge < -0.3 is 14.4 Å². The molecule has 1 atom stereocenters. The number of alkyl halides is 3. The Morgan fingerprint density at radius 2 is 1.94 bits per heavy atom. The third-order valence-corrected chi connectivity index (χ3v) is 5.17. The molecule has 0 bridgehead atoms. The largest absolute Gasteiger partial charge is 0.573 e. The SMILES string of the molecule is FC(F)(F)Oc1ccc2nccc(OC[C@H]3CCCN3c3ccnc4ncnn34)c2c1. The van der Waals surface area contributed by atoms with Crippen molar-refractivity contribution in [1.82, 2.24) is 24.6 Å². The van der Waals surface area contributed by atoms with Crippen molar-refractivity contribution in [2.45, 2.75) is 25.2 Å². The first-order valence-electron chi connectivity index (χ1n) is 9.67. The standard InChI is InChI=1S/C20H17F3N6O2/c21-20(22,23)31-14-3-4-16-15(10-14)17(5-7-24-16)30-11-13-2-1-9-28(13)18-6-8-25-19-26-12-27-29(18)19/h3-8,10,12-13H,1-2,9,11H2/t13-/m1/s1. The summed E-state index contributed by atoms with van der Waals surface area (Å²) < 4.78 is 49.6. The quantitative estimate of drug-likeness (QED) is 0.479. The van der Waals surface area contributed by atoms with Gasteiger partial charge in [0.05, 0.1) is 11.6 Å². The molecule has 31 heavy (non-hydrogen) atoms. The van der Waals surface area contributed by atoms with Crippen molar-refractivity contribution >= 4 is 22.5 Å². The monoisotopic (exact) mass is 430 g/mol. The summed E-state index contributed by atoms with van der Waals surface area (Å²) in [5, 5.41) is 4.70. The molecule has 8 nitrogen and oxygen atoms in total. The minimum absolute atomic E-state index is 0.0626. The molecule has 1 aromatic carbocycles. The highest BCUT2D eigenvalue weighted by atomic mass is 19.4. The smallest absolute Gasteiger partial charge is 0.491 e. The van der Waals surface area contributed by atoms with E-state index < -0.39 is 6.36 Å². The van der Waals surface area contributed by atoms with E-state index >= 15 is 0 Å². The number of pyridine rings is 1. The molecule has 1 aliphatic heterocycles. The fourth-order valence-corrected chi connectivity index (χ4v) is 3.86. The molecule has 1 aliphatic rings. The van der Waals surface area contributed by atoms with Gasteiger partial charge in [0.1, 0.15) is 30.3 Å². The number of fused-ring (bicyclic) bond motifs is 2. The van der Waals surface area contributed by atoms with E-state index in [9.17, 15) is 13.2 Å². The van der Waals surface area contributed by atoms with Crippen LogP contribution in [0.2, 0.25) is 0 Å². The fourth-order valence-electron chi connectivity index (χ4n) is 3.86. The Kier molecular flexibility index (Phi) is 4.72. The average molecular weight is 430 g/mol. The summed E-state index contributed by atoms with van der Waals surface area (Å²) in [6.45, 7) is 1.18. The molecule has 1 fully saturated rings. The number of anilines is 1. The highest BCUT2D eigenvalue weighted by molar-refractivity contribution is 5.86. The molecule has 0 saturated carbocycles. The van der Waals surface area contributed by atoms with Gasteiger partial charge in [0.25, 0.3) is 5.78 Å². The number of halogens is 3. The first-order chi connectivity index (χ1) is 15.0. The van der Waals surface area contributed by atoms with E-state index in [1.807, 2.05) is 6.07 Å². The minimum atomic E-state index is -4.77. The van der Waals surface area contributed by atoms with Crippen molar-refractivity contribution in [3.8, 4) is 11.5 Å². The van der Waals surface area contributed by atoms with Gasteiger partial charge >= 0.3 is 6.36 Å². The summed E-state index contributed by atoms with van der Waals surface area (Å²) in [4.78, 5) is 14.7. The van der Waals surface area contributed by atoms with Gasteiger partial charge in [-0.1, -0.05) is 0 Å². The molecular formula is C20H17F3N6O2. The summed E-state index contributed by atoms with van der Waals surface area (Å²) in [5.74, 6) is 1.52. The molecule has 160 valence electrons. The van der Waals surface area contributed by atoms with Gasteiger partial charge in [-0.2, -0.15) is 14.6 Å². The van der Waals surface area contributed by atoms with Crippen molar-refractivity contribution in [1.29, 1.82) is 0 Å². The molecule has 5 rings (SSSR count). The van der Waals surface area contributed by atoms with Gasteiger partial charge in [-0.25, -0.2) is 4.98 Å². The molecule has 3 aromatic heterocycles. The van der Waals surface area contributed by atoms with E-state index in [-0.39, 0.29) is 11.8 Å². The molecule has 4 aromatic rings. The van der Waals surface area contributed by atoms with E-state index in [2.05, 4.69) is 29.7 Å². The van der Waals surface area contributed by atoms with Crippen LogP contribution >= 0.6 is 0 Å². The summed E-state index contributed by atoms with van der Waals surface area (Å²) in [6, 6.07) is 7.58. The van der Waals surface area contributed by atoms with Gasteiger partial charge in [-0.15, -0.1) is 13.2 Å². The molecule has 0 N–H and O–H groups in total. The zero-order valence-corrected chi connectivity index (χ0v) is 16.2. The van der Waals surface area contributed by atoms with E-state index in [4.69, 9.17) is 4.74 Å². The van der Waals surface area contributed by atoms with E-state index in [0.29, 0.717) is 29.0 Å². The van der Waals surface area contributed by atoms with Gasteiger partial charge in [-0.3, -0.25) is 4.98 Å². The van der Waals surface area contributed by atoms with Crippen LogP contribution in [-0.4, -0.2) is 50.1 Å². The Labute approximate surface area is 174 Å². The Morgan fingerprint density at radius 1 is 1.06 bits per heavy atom. The van der Waals surface area contributed by atoms with Crippen LogP contribution in [0.4, 0.5) is 19.0 Å². The number of nitrogens with zero attached hydrogens (tertiary/aromatic N) is 6. The van der Waals surface area contributed by atoms with Crippen LogP contribution in [0.1, 0.15) is 12.8 Å². The molecule has 0 radical (unpaired) electrons. The molecule has 4 heterocycles. The molecule has 11 heteroatoms. The number of benzene rings is 1.